The van der Waals surface area contributed by atoms with Gasteiger partial charge in [-0.25, -0.2) is 0 Å². The Morgan fingerprint density at radius 3 is 3.19 bits per heavy atom. The highest BCUT2D eigenvalue weighted by molar-refractivity contribution is 5.38. The first kappa shape index (κ1) is 11.2. The number of nitrogens with two attached hydrogens (primary N) is 1. The summed E-state index contributed by atoms with van der Waals surface area (Å²) < 4.78 is 5.62. The number of hydrogen-bond acceptors (Lipinski definition) is 2. The molecule has 0 aliphatic heterocycles. The van der Waals surface area contributed by atoms with E-state index in [1.165, 1.54) is 17.5 Å². The van der Waals surface area contributed by atoms with Crippen molar-refractivity contribution in [2.75, 3.05) is 6.61 Å². The first-order valence-corrected chi connectivity index (χ1v) is 5.93. The molecule has 2 N–H and O–H groups in total. The van der Waals surface area contributed by atoms with E-state index in [2.05, 4.69) is 12.1 Å². The van der Waals surface area contributed by atoms with E-state index in [9.17, 15) is 0 Å². The molecule has 1 aliphatic carbocycles. The second kappa shape index (κ2) is 5.17. The Hall–Kier alpha value is -1.28. The summed E-state index contributed by atoms with van der Waals surface area (Å²) in [6, 6.07) is 6.49. The zero-order valence-corrected chi connectivity index (χ0v) is 9.78. The molecule has 1 unspecified atom stereocenters. The van der Waals surface area contributed by atoms with Crippen molar-refractivity contribution < 1.29 is 4.74 Å². The minimum atomic E-state index is 0.216. The third-order valence-electron chi connectivity index (χ3n) is 3.06. The third kappa shape index (κ3) is 2.45. The Morgan fingerprint density at radius 1 is 1.50 bits per heavy atom. The molecule has 1 aromatic rings. The van der Waals surface area contributed by atoms with Gasteiger partial charge in [-0.3, -0.25) is 0 Å². The lowest BCUT2D eigenvalue weighted by Crippen LogP contribution is -2.17. The molecule has 0 amide bonds. The molecule has 0 heterocycles. The molecule has 0 bridgehead atoms. The SMILES string of the molecule is CC=CCOc1ccc2c(c1)CCCC2N. The number of benzene rings is 1. The number of allylic oxidation sites excluding steroid dienone is 1. The van der Waals surface area contributed by atoms with E-state index >= 15 is 0 Å². The summed E-state index contributed by atoms with van der Waals surface area (Å²) in [5.41, 5.74) is 8.72. The molecule has 1 aromatic carbocycles. The number of rotatable bonds is 3. The first-order chi connectivity index (χ1) is 7.81. The molecule has 2 rings (SSSR count). The topological polar surface area (TPSA) is 35.2 Å². The lowest BCUT2D eigenvalue weighted by Gasteiger charge is -2.22. The van der Waals surface area contributed by atoms with Gasteiger partial charge in [0.05, 0.1) is 0 Å². The summed E-state index contributed by atoms with van der Waals surface area (Å²) in [5.74, 6) is 0.950. The fourth-order valence-corrected chi connectivity index (χ4v) is 2.16. The summed E-state index contributed by atoms with van der Waals surface area (Å²) in [6.45, 7) is 2.64. The average molecular weight is 217 g/mol. The van der Waals surface area contributed by atoms with E-state index in [4.69, 9.17) is 10.5 Å². The second-order valence-corrected chi connectivity index (χ2v) is 4.24. The van der Waals surface area contributed by atoms with Gasteiger partial charge in [0.1, 0.15) is 12.4 Å². The van der Waals surface area contributed by atoms with Crippen molar-refractivity contribution in [3.63, 3.8) is 0 Å². The Kier molecular flexibility index (Phi) is 3.62. The molecule has 0 saturated carbocycles. The van der Waals surface area contributed by atoms with Crippen LogP contribution in [0.4, 0.5) is 0 Å². The Morgan fingerprint density at radius 2 is 2.38 bits per heavy atom. The monoisotopic (exact) mass is 217 g/mol. The van der Waals surface area contributed by atoms with Crippen LogP contribution in [0.2, 0.25) is 0 Å². The summed E-state index contributed by atoms with van der Waals surface area (Å²) >= 11 is 0. The standard InChI is InChI=1S/C14H19NO/c1-2-3-9-16-12-7-8-13-11(10-12)5-4-6-14(13)15/h2-3,7-8,10,14H,4-6,9,15H2,1H3. The van der Waals surface area contributed by atoms with Crippen LogP contribution in [-0.2, 0) is 6.42 Å². The van der Waals surface area contributed by atoms with Gasteiger partial charge in [0.15, 0.2) is 0 Å². The lowest BCUT2D eigenvalue weighted by atomic mass is 9.88. The van der Waals surface area contributed by atoms with Crippen molar-refractivity contribution in [3.05, 3.63) is 41.5 Å². The zero-order chi connectivity index (χ0) is 11.4. The van der Waals surface area contributed by atoms with Gasteiger partial charge in [-0.15, -0.1) is 0 Å². The van der Waals surface area contributed by atoms with E-state index in [-0.39, 0.29) is 6.04 Å². The summed E-state index contributed by atoms with van der Waals surface area (Å²) in [6.07, 6.45) is 7.42. The van der Waals surface area contributed by atoms with Crippen LogP contribution in [0.25, 0.3) is 0 Å². The molecule has 2 nitrogen and oxygen atoms in total. The Bertz CT molecular complexity index is 384. The average Bonchev–Trinajstić information content (AvgIpc) is 2.30. The highest BCUT2D eigenvalue weighted by atomic mass is 16.5. The molecule has 2 heteroatoms. The Balaban J connectivity index is 2.12. The minimum absolute atomic E-state index is 0.216. The van der Waals surface area contributed by atoms with Gasteiger partial charge in [0, 0.05) is 6.04 Å². The van der Waals surface area contributed by atoms with Crippen LogP contribution < -0.4 is 10.5 Å². The summed E-state index contributed by atoms with van der Waals surface area (Å²) in [4.78, 5) is 0. The van der Waals surface area contributed by atoms with Crippen LogP contribution in [0.1, 0.15) is 36.9 Å². The van der Waals surface area contributed by atoms with Gasteiger partial charge < -0.3 is 10.5 Å². The van der Waals surface area contributed by atoms with Gasteiger partial charge in [0.2, 0.25) is 0 Å². The normalized spacial score (nSPS) is 19.8. The smallest absolute Gasteiger partial charge is 0.120 e. The second-order valence-electron chi connectivity index (χ2n) is 4.24. The summed E-state index contributed by atoms with van der Waals surface area (Å²) in [7, 11) is 0. The Labute approximate surface area is 97.1 Å². The van der Waals surface area contributed by atoms with Gasteiger partial charge >= 0.3 is 0 Å². The molecular weight excluding hydrogens is 198 g/mol. The summed E-state index contributed by atoms with van der Waals surface area (Å²) in [5, 5.41) is 0. The molecule has 0 radical (unpaired) electrons. The van der Waals surface area contributed by atoms with E-state index in [1.54, 1.807) is 0 Å². The van der Waals surface area contributed by atoms with Crippen molar-refractivity contribution >= 4 is 0 Å². The molecule has 1 atom stereocenters. The molecule has 0 aromatic heterocycles. The zero-order valence-electron chi connectivity index (χ0n) is 9.78. The van der Waals surface area contributed by atoms with Crippen LogP contribution >= 0.6 is 0 Å². The molecule has 86 valence electrons. The lowest BCUT2D eigenvalue weighted by molar-refractivity contribution is 0.361. The van der Waals surface area contributed by atoms with Crippen LogP contribution in [0.3, 0.4) is 0 Å². The predicted octanol–water partition coefficient (Wildman–Crippen LogP) is 2.98. The third-order valence-corrected chi connectivity index (χ3v) is 3.06. The van der Waals surface area contributed by atoms with E-state index in [0.29, 0.717) is 6.61 Å². The first-order valence-electron chi connectivity index (χ1n) is 5.93. The van der Waals surface area contributed by atoms with Gasteiger partial charge in [-0.2, -0.15) is 0 Å². The number of ether oxygens (including phenoxy) is 1. The van der Waals surface area contributed by atoms with Crippen LogP contribution in [-0.4, -0.2) is 6.61 Å². The number of aryl methyl sites for hydroxylation is 1. The van der Waals surface area contributed by atoms with Gasteiger partial charge in [0.25, 0.3) is 0 Å². The largest absolute Gasteiger partial charge is 0.490 e. The number of hydrogen-bond donors (Lipinski definition) is 1. The highest BCUT2D eigenvalue weighted by Gasteiger charge is 2.16. The van der Waals surface area contributed by atoms with Crippen molar-refractivity contribution in [3.8, 4) is 5.75 Å². The molecule has 16 heavy (non-hydrogen) atoms. The molecule has 0 spiro atoms. The maximum Gasteiger partial charge on any atom is 0.120 e. The molecule has 0 saturated heterocycles. The quantitative estimate of drug-likeness (QED) is 0.790. The molecule has 1 aliphatic rings. The van der Waals surface area contributed by atoms with Crippen molar-refractivity contribution in [1.82, 2.24) is 0 Å². The van der Waals surface area contributed by atoms with E-state index < -0.39 is 0 Å². The fourth-order valence-electron chi connectivity index (χ4n) is 2.16. The van der Waals surface area contributed by atoms with Crippen molar-refractivity contribution in [1.29, 1.82) is 0 Å². The van der Waals surface area contributed by atoms with E-state index in [1.807, 2.05) is 25.1 Å². The minimum Gasteiger partial charge on any atom is -0.490 e. The van der Waals surface area contributed by atoms with Crippen LogP contribution in [0, 0.1) is 0 Å². The van der Waals surface area contributed by atoms with Gasteiger partial charge in [-0.1, -0.05) is 18.2 Å². The molecule has 0 fully saturated rings. The van der Waals surface area contributed by atoms with Crippen molar-refractivity contribution in [2.45, 2.75) is 32.2 Å². The maximum absolute atomic E-state index is 6.07. The maximum atomic E-state index is 6.07. The van der Waals surface area contributed by atoms with Gasteiger partial charge in [-0.05, 0) is 49.4 Å². The van der Waals surface area contributed by atoms with E-state index in [0.717, 1.165) is 18.6 Å². The number of fused-ring (bicyclic) bond motifs is 1. The van der Waals surface area contributed by atoms with Crippen LogP contribution in [0.15, 0.2) is 30.4 Å². The van der Waals surface area contributed by atoms with Crippen LogP contribution in [0.5, 0.6) is 5.75 Å². The fraction of sp³-hybridized carbons (Fsp3) is 0.429. The predicted molar refractivity (Wildman–Crippen MR) is 66.6 cm³/mol. The van der Waals surface area contributed by atoms with Crippen molar-refractivity contribution in [2.24, 2.45) is 5.73 Å². The molecular formula is C14H19NO. The highest BCUT2D eigenvalue weighted by Crippen LogP contribution is 2.30.